The van der Waals surface area contributed by atoms with Gasteiger partial charge in [0.15, 0.2) is 0 Å². The van der Waals surface area contributed by atoms with E-state index in [0.29, 0.717) is 0 Å². The van der Waals surface area contributed by atoms with Crippen molar-refractivity contribution in [3.05, 3.63) is 0 Å². The van der Waals surface area contributed by atoms with Crippen LogP contribution in [0.2, 0.25) is 0 Å². The molecule has 0 aromatic carbocycles. The molecule has 27 heavy (non-hydrogen) atoms. The lowest BCUT2D eigenvalue weighted by Crippen LogP contribution is -2.41. The minimum absolute atomic E-state index is 1.15. The summed E-state index contributed by atoms with van der Waals surface area (Å²) in [6.45, 7) is 9.53. The van der Waals surface area contributed by atoms with Gasteiger partial charge in [0.1, 0.15) is 0 Å². The fraction of sp³-hybridized carbons (Fsp3) is 1.00. The van der Waals surface area contributed by atoms with Crippen LogP contribution in [0.1, 0.15) is 123 Å². The molecule has 0 aromatic rings. The van der Waals surface area contributed by atoms with Crippen LogP contribution in [0.5, 0.6) is 0 Å². The largest absolute Gasteiger partial charge is 0.329 e. The van der Waals surface area contributed by atoms with Gasteiger partial charge in [0, 0.05) is 13.0 Å². The van der Waals surface area contributed by atoms with Crippen LogP contribution >= 0.6 is 0 Å². The first-order valence-electron chi connectivity index (χ1n) is 12.6. The maximum Gasteiger partial charge on any atom is 0.0794 e. The molecular formula is C25H55N2+. The molecule has 0 aliphatic carbocycles. The zero-order chi connectivity index (χ0) is 20.1. The van der Waals surface area contributed by atoms with Crippen molar-refractivity contribution in [3.8, 4) is 0 Å². The molecule has 0 saturated carbocycles. The van der Waals surface area contributed by atoms with Gasteiger partial charge in [-0.15, -0.1) is 0 Å². The van der Waals surface area contributed by atoms with Crippen LogP contribution in [0.3, 0.4) is 0 Å². The van der Waals surface area contributed by atoms with Gasteiger partial charge in [0.05, 0.1) is 27.2 Å². The highest BCUT2D eigenvalue weighted by Gasteiger charge is 2.09. The normalized spacial score (nSPS) is 12.0. The van der Waals surface area contributed by atoms with Crippen molar-refractivity contribution in [2.45, 2.75) is 123 Å². The van der Waals surface area contributed by atoms with E-state index in [1.165, 1.54) is 135 Å². The molecule has 0 saturated heterocycles. The van der Waals surface area contributed by atoms with Crippen LogP contribution in [0.25, 0.3) is 0 Å². The molecule has 0 bridgehead atoms. The maximum atomic E-state index is 3.62. The summed E-state index contributed by atoms with van der Waals surface area (Å²) in [5.41, 5.74) is 0. The number of nitrogens with zero attached hydrogens (tertiary/aromatic N) is 1. The van der Waals surface area contributed by atoms with Gasteiger partial charge in [0.25, 0.3) is 0 Å². The first kappa shape index (κ1) is 26.9. The number of quaternary nitrogens is 1. The average Bonchev–Trinajstić information content (AvgIpc) is 2.66. The minimum atomic E-state index is 1.15. The van der Waals surface area contributed by atoms with Gasteiger partial charge < -0.3 is 9.80 Å². The highest BCUT2D eigenvalue weighted by Crippen LogP contribution is 2.13. The molecule has 0 aliphatic heterocycles. The second-order valence-corrected chi connectivity index (χ2v) is 9.38. The molecule has 2 nitrogen and oxygen atoms in total. The lowest BCUT2D eigenvalue weighted by atomic mass is 10.0. The van der Waals surface area contributed by atoms with Gasteiger partial charge >= 0.3 is 0 Å². The van der Waals surface area contributed by atoms with E-state index in [9.17, 15) is 0 Å². The fourth-order valence-electron chi connectivity index (χ4n) is 3.71. The minimum Gasteiger partial charge on any atom is -0.329 e. The number of unbranched alkanes of at least 4 members (excludes halogenated alkanes) is 15. The van der Waals surface area contributed by atoms with E-state index in [-0.39, 0.29) is 0 Å². The van der Waals surface area contributed by atoms with E-state index in [2.05, 4.69) is 33.3 Å². The van der Waals surface area contributed by atoms with Gasteiger partial charge in [-0.05, 0) is 19.9 Å². The Morgan fingerprint density at radius 2 is 0.852 bits per heavy atom. The van der Waals surface area contributed by atoms with Gasteiger partial charge in [-0.2, -0.15) is 0 Å². The number of hydrogen-bond donors (Lipinski definition) is 1. The highest BCUT2D eigenvalue weighted by atomic mass is 15.3. The quantitative estimate of drug-likeness (QED) is 0.152. The number of rotatable bonds is 22. The molecule has 0 heterocycles. The molecule has 0 aliphatic rings. The summed E-state index contributed by atoms with van der Waals surface area (Å²) in [5, 5.41) is 3.62. The van der Waals surface area contributed by atoms with Crippen molar-refractivity contribution >= 4 is 0 Å². The van der Waals surface area contributed by atoms with E-state index in [1.807, 2.05) is 0 Å². The Kier molecular flexibility index (Phi) is 20.6. The molecule has 0 fully saturated rings. The summed E-state index contributed by atoms with van der Waals surface area (Å²) >= 11 is 0. The molecule has 0 amide bonds. The Morgan fingerprint density at radius 1 is 0.481 bits per heavy atom. The van der Waals surface area contributed by atoms with Gasteiger partial charge in [-0.1, -0.05) is 103 Å². The highest BCUT2D eigenvalue weighted by molar-refractivity contribution is 4.52. The summed E-state index contributed by atoms with van der Waals surface area (Å²) in [5.74, 6) is 0. The molecule has 0 rings (SSSR count). The van der Waals surface area contributed by atoms with Gasteiger partial charge in [-0.25, -0.2) is 0 Å². The first-order chi connectivity index (χ1) is 13.1. The van der Waals surface area contributed by atoms with Crippen LogP contribution < -0.4 is 5.32 Å². The van der Waals surface area contributed by atoms with Crippen molar-refractivity contribution in [2.24, 2.45) is 0 Å². The van der Waals surface area contributed by atoms with E-state index in [0.717, 1.165) is 4.48 Å². The monoisotopic (exact) mass is 383 g/mol. The first-order valence-corrected chi connectivity index (χ1v) is 12.6. The van der Waals surface area contributed by atoms with Gasteiger partial charge in [-0.3, -0.25) is 0 Å². The summed E-state index contributed by atoms with van der Waals surface area (Å²) in [4.78, 5) is 0. The molecule has 164 valence electrons. The molecule has 0 unspecified atom stereocenters. The SMILES string of the molecule is CCCCCCCCCCCCCCCCCCNCCC[N+](C)(C)CC. The molecular weight excluding hydrogens is 328 g/mol. The summed E-state index contributed by atoms with van der Waals surface area (Å²) in [6, 6.07) is 0. The summed E-state index contributed by atoms with van der Waals surface area (Å²) < 4.78 is 1.15. The van der Waals surface area contributed by atoms with Crippen molar-refractivity contribution in [3.63, 3.8) is 0 Å². The smallest absolute Gasteiger partial charge is 0.0794 e. The second kappa shape index (κ2) is 20.6. The van der Waals surface area contributed by atoms with Crippen LogP contribution in [-0.2, 0) is 0 Å². The maximum absolute atomic E-state index is 3.62. The Labute approximate surface area is 173 Å². The average molecular weight is 384 g/mol. The third kappa shape index (κ3) is 22.1. The van der Waals surface area contributed by atoms with E-state index in [1.54, 1.807) is 0 Å². The molecule has 0 radical (unpaired) electrons. The Hall–Kier alpha value is -0.0800. The van der Waals surface area contributed by atoms with Gasteiger partial charge in [0.2, 0.25) is 0 Å². The van der Waals surface area contributed by atoms with Crippen molar-refractivity contribution in [1.29, 1.82) is 0 Å². The predicted octanol–water partition coefficient (Wildman–Crippen LogP) is 7.32. The lowest BCUT2D eigenvalue weighted by molar-refractivity contribution is -0.888. The van der Waals surface area contributed by atoms with E-state index >= 15 is 0 Å². The third-order valence-electron chi connectivity index (χ3n) is 6.18. The zero-order valence-electron chi connectivity index (χ0n) is 19.8. The predicted molar refractivity (Wildman–Crippen MR) is 125 cm³/mol. The van der Waals surface area contributed by atoms with Crippen molar-refractivity contribution in [2.75, 3.05) is 40.3 Å². The van der Waals surface area contributed by atoms with Crippen LogP contribution in [0, 0.1) is 0 Å². The van der Waals surface area contributed by atoms with E-state index in [4.69, 9.17) is 0 Å². The van der Waals surface area contributed by atoms with Crippen LogP contribution in [-0.4, -0.2) is 44.8 Å². The molecule has 0 aromatic heterocycles. The number of hydrogen-bond acceptors (Lipinski definition) is 1. The Balaban J connectivity index is 3.05. The fourth-order valence-corrected chi connectivity index (χ4v) is 3.71. The second-order valence-electron chi connectivity index (χ2n) is 9.38. The standard InChI is InChI=1S/C25H55N2/c1-5-7-8-9-10-11-12-13-14-15-16-17-18-19-20-21-23-26-24-22-25-27(3,4)6-2/h26H,5-25H2,1-4H3/q+1. The molecule has 0 atom stereocenters. The third-order valence-corrected chi connectivity index (χ3v) is 6.18. The lowest BCUT2D eigenvalue weighted by Gasteiger charge is -2.28. The summed E-state index contributed by atoms with van der Waals surface area (Å²) in [6.07, 6.45) is 24.5. The Bertz CT molecular complexity index is 275. The summed E-state index contributed by atoms with van der Waals surface area (Å²) in [7, 11) is 4.66. The molecule has 1 N–H and O–H groups in total. The van der Waals surface area contributed by atoms with Crippen LogP contribution in [0.4, 0.5) is 0 Å². The van der Waals surface area contributed by atoms with Crippen LogP contribution in [0.15, 0.2) is 0 Å². The number of nitrogens with one attached hydrogen (secondary N) is 1. The topological polar surface area (TPSA) is 12.0 Å². The Morgan fingerprint density at radius 3 is 1.26 bits per heavy atom. The van der Waals surface area contributed by atoms with Crippen molar-refractivity contribution in [1.82, 2.24) is 5.32 Å². The molecule has 2 heteroatoms. The van der Waals surface area contributed by atoms with Crippen molar-refractivity contribution < 1.29 is 4.48 Å². The van der Waals surface area contributed by atoms with E-state index < -0.39 is 0 Å². The zero-order valence-corrected chi connectivity index (χ0v) is 19.8. The molecule has 0 spiro atoms.